The van der Waals surface area contributed by atoms with E-state index in [0.717, 1.165) is 32.2 Å². The van der Waals surface area contributed by atoms with Crippen LogP contribution in [0.5, 0.6) is 0 Å². The van der Waals surface area contributed by atoms with Crippen molar-refractivity contribution in [3.8, 4) is 0 Å². The van der Waals surface area contributed by atoms with Gasteiger partial charge in [-0.1, -0.05) is 123 Å². The Balaban J connectivity index is 3.63. The van der Waals surface area contributed by atoms with E-state index in [-0.39, 0.29) is 12.5 Å². The van der Waals surface area contributed by atoms with Gasteiger partial charge in [-0.2, -0.15) is 0 Å². The highest BCUT2D eigenvalue weighted by Crippen LogP contribution is 2.13. The minimum Gasteiger partial charge on any atom is -0.335 e. The molecule has 0 aromatic carbocycles. The first-order chi connectivity index (χ1) is 14.3. The quantitative estimate of drug-likeness (QED) is 0.162. The summed E-state index contributed by atoms with van der Waals surface area (Å²) in [6.45, 7) is 5.38. The van der Waals surface area contributed by atoms with Gasteiger partial charge in [-0.05, 0) is 12.8 Å². The fourth-order valence-electron chi connectivity index (χ4n) is 3.90. The van der Waals surface area contributed by atoms with Gasteiger partial charge in [0.15, 0.2) is 0 Å². The molecule has 0 spiro atoms. The second-order valence-electron chi connectivity index (χ2n) is 8.72. The van der Waals surface area contributed by atoms with Gasteiger partial charge in [-0.3, -0.25) is 9.59 Å². The molecule has 0 bridgehead atoms. The third-order valence-corrected chi connectivity index (χ3v) is 5.88. The highest BCUT2D eigenvalue weighted by atomic mass is 16.2. The lowest BCUT2D eigenvalue weighted by atomic mass is 10.1. The molecule has 0 heterocycles. The predicted octanol–water partition coefficient (Wildman–Crippen LogP) is 7.77. The first-order valence-electron chi connectivity index (χ1n) is 12.9. The van der Waals surface area contributed by atoms with Crippen LogP contribution in [0.2, 0.25) is 0 Å². The largest absolute Gasteiger partial charge is 0.335 e. The van der Waals surface area contributed by atoms with Crippen LogP contribution in [0.15, 0.2) is 0 Å². The molecule has 0 saturated carbocycles. The highest BCUT2D eigenvalue weighted by Gasteiger charge is 2.12. The van der Waals surface area contributed by atoms with E-state index in [1.165, 1.54) is 96.3 Å². The van der Waals surface area contributed by atoms with Crippen molar-refractivity contribution < 1.29 is 9.59 Å². The molecule has 0 N–H and O–H groups in total. The smallest absolute Gasteiger partial charge is 0.222 e. The van der Waals surface area contributed by atoms with Crippen molar-refractivity contribution in [2.45, 2.75) is 142 Å². The molecule has 1 amide bonds. The normalized spacial score (nSPS) is 11.0. The topological polar surface area (TPSA) is 37.4 Å². The molecule has 171 valence electrons. The molecule has 3 nitrogen and oxygen atoms in total. The van der Waals surface area contributed by atoms with E-state index in [1.807, 2.05) is 6.29 Å². The maximum absolute atomic E-state index is 12.4. The van der Waals surface area contributed by atoms with Gasteiger partial charge in [0.25, 0.3) is 0 Å². The lowest BCUT2D eigenvalue weighted by Gasteiger charge is -2.20. The number of amides is 1. The zero-order chi connectivity index (χ0) is 21.4. The van der Waals surface area contributed by atoms with Crippen molar-refractivity contribution in [3.63, 3.8) is 0 Å². The molecule has 3 heteroatoms. The number of hydrogen-bond donors (Lipinski definition) is 0. The van der Waals surface area contributed by atoms with Gasteiger partial charge >= 0.3 is 0 Å². The zero-order valence-corrected chi connectivity index (χ0v) is 19.8. The summed E-state index contributed by atoms with van der Waals surface area (Å²) in [5.74, 6) is 0.146. The van der Waals surface area contributed by atoms with Crippen LogP contribution in [0.1, 0.15) is 142 Å². The third-order valence-electron chi connectivity index (χ3n) is 5.88. The predicted molar refractivity (Wildman–Crippen MR) is 126 cm³/mol. The van der Waals surface area contributed by atoms with Crippen LogP contribution in [0.25, 0.3) is 0 Å². The van der Waals surface area contributed by atoms with Crippen molar-refractivity contribution in [1.29, 1.82) is 0 Å². The van der Waals surface area contributed by atoms with E-state index < -0.39 is 0 Å². The van der Waals surface area contributed by atoms with Crippen molar-refractivity contribution >= 4 is 12.2 Å². The lowest BCUT2D eigenvalue weighted by Crippen LogP contribution is -2.33. The minimum atomic E-state index is 0.146. The third kappa shape index (κ3) is 20.2. The maximum Gasteiger partial charge on any atom is 0.222 e. The van der Waals surface area contributed by atoms with Crippen molar-refractivity contribution in [2.24, 2.45) is 0 Å². The fraction of sp³-hybridized carbons (Fsp3) is 0.923. The van der Waals surface area contributed by atoms with E-state index in [9.17, 15) is 9.59 Å². The van der Waals surface area contributed by atoms with Crippen LogP contribution in [-0.2, 0) is 9.59 Å². The summed E-state index contributed by atoms with van der Waals surface area (Å²) in [6, 6.07) is 0. The molecule has 1 radical (unpaired) electrons. The van der Waals surface area contributed by atoms with E-state index in [2.05, 4.69) is 13.8 Å². The summed E-state index contributed by atoms with van der Waals surface area (Å²) >= 11 is 0. The Morgan fingerprint density at radius 3 is 1.38 bits per heavy atom. The van der Waals surface area contributed by atoms with Gasteiger partial charge in [-0.25, -0.2) is 0 Å². The Kier molecular flexibility index (Phi) is 22.7. The Morgan fingerprint density at radius 1 is 0.586 bits per heavy atom. The first kappa shape index (κ1) is 28.1. The van der Waals surface area contributed by atoms with Gasteiger partial charge in [-0.15, -0.1) is 0 Å². The molecule has 29 heavy (non-hydrogen) atoms. The highest BCUT2D eigenvalue weighted by molar-refractivity contribution is 5.78. The zero-order valence-electron chi connectivity index (χ0n) is 19.8. The van der Waals surface area contributed by atoms with Crippen LogP contribution in [-0.4, -0.2) is 30.2 Å². The van der Waals surface area contributed by atoms with Crippen LogP contribution in [0, 0.1) is 0 Å². The van der Waals surface area contributed by atoms with Crippen molar-refractivity contribution in [3.05, 3.63) is 0 Å². The summed E-state index contributed by atoms with van der Waals surface area (Å²) in [5, 5.41) is 0. The average molecular weight is 409 g/mol. The molecule has 0 fully saturated rings. The van der Waals surface area contributed by atoms with Crippen molar-refractivity contribution in [1.82, 2.24) is 4.90 Å². The number of carbonyl (C=O) groups excluding carboxylic acids is 2. The minimum absolute atomic E-state index is 0.146. The van der Waals surface area contributed by atoms with Crippen LogP contribution in [0.4, 0.5) is 0 Å². The second-order valence-corrected chi connectivity index (χ2v) is 8.72. The molecule has 0 unspecified atom stereocenters. The molecule has 0 atom stereocenters. The molecule has 0 aliphatic carbocycles. The van der Waals surface area contributed by atoms with Gasteiger partial charge in [0, 0.05) is 13.0 Å². The Labute approximate surface area is 182 Å². The van der Waals surface area contributed by atoms with Crippen LogP contribution < -0.4 is 0 Å². The molecular formula is C26H50NO2. The number of hydrogen-bond acceptors (Lipinski definition) is 2. The number of carbonyl (C=O) groups is 1. The molecule has 0 rings (SSSR count). The van der Waals surface area contributed by atoms with E-state index in [0.29, 0.717) is 6.42 Å². The Bertz CT molecular complexity index is 357. The lowest BCUT2D eigenvalue weighted by molar-refractivity contribution is -0.130. The number of unbranched alkanes of at least 4 members (excludes halogenated alkanes) is 17. The Hall–Kier alpha value is -0.860. The second kappa shape index (κ2) is 23.4. The molecule has 0 saturated heterocycles. The van der Waals surface area contributed by atoms with Gasteiger partial charge in [0.05, 0.1) is 6.54 Å². The van der Waals surface area contributed by atoms with Gasteiger partial charge in [0.2, 0.25) is 12.2 Å². The SMILES string of the molecule is CCCCCCCCCCCCN(C[C]=O)C(=O)CCCCCCCCCCC. The van der Waals surface area contributed by atoms with E-state index in [4.69, 9.17) is 0 Å². The fourth-order valence-corrected chi connectivity index (χ4v) is 3.90. The maximum atomic E-state index is 12.4. The number of nitrogens with zero attached hydrogens (tertiary/aromatic N) is 1. The standard InChI is InChI=1S/C26H50NO2/c1-3-5-7-9-11-13-15-17-19-21-23-27(24-25-28)26(29)22-20-18-16-14-12-10-8-6-4-2/h3-24H2,1-2H3. The summed E-state index contributed by atoms with van der Waals surface area (Å²) in [6.07, 6.45) is 26.7. The average Bonchev–Trinajstić information content (AvgIpc) is 2.73. The van der Waals surface area contributed by atoms with Crippen LogP contribution >= 0.6 is 0 Å². The monoisotopic (exact) mass is 408 g/mol. The van der Waals surface area contributed by atoms with E-state index in [1.54, 1.807) is 4.90 Å². The van der Waals surface area contributed by atoms with Crippen molar-refractivity contribution in [2.75, 3.05) is 13.1 Å². The van der Waals surface area contributed by atoms with Gasteiger partial charge in [0.1, 0.15) is 0 Å². The first-order valence-corrected chi connectivity index (χ1v) is 12.9. The van der Waals surface area contributed by atoms with E-state index >= 15 is 0 Å². The summed E-state index contributed by atoms with van der Waals surface area (Å²) in [4.78, 5) is 24.9. The van der Waals surface area contributed by atoms with Crippen LogP contribution in [0.3, 0.4) is 0 Å². The summed E-state index contributed by atoms with van der Waals surface area (Å²) in [7, 11) is 0. The summed E-state index contributed by atoms with van der Waals surface area (Å²) < 4.78 is 0. The number of rotatable bonds is 23. The Morgan fingerprint density at radius 2 is 0.966 bits per heavy atom. The molecule has 0 aromatic heterocycles. The summed E-state index contributed by atoms with van der Waals surface area (Å²) in [5.41, 5.74) is 0. The molecule has 0 aliphatic heterocycles. The molecule has 0 aromatic rings. The molecular weight excluding hydrogens is 358 g/mol. The molecule has 0 aliphatic rings. The van der Waals surface area contributed by atoms with Gasteiger partial charge < -0.3 is 4.90 Å².